The first-order valence-electron chi connectivity index (χ1n) is 7.04. The molecule has 1 saturated carbocycles. The van der Waals surface area contributed by atoms with Crippen LogP contribution in [0, 0.1) is 17.3 Å². The summed E-state index contributed by atoms with van der Waals surface area (Å²) in [5.41, 5.74) is -0.127. The molecular weight excluding hydrogens is 228 g/mol. The molecule has 2 aliphatic rings. The monoisotopic (exact) mass is 254 g/mol. The molecule has 0 radical (unpaired) electrons. The van der Waals surface area contributed by atoms with E-state index in [0.29, 0.717) is 0 Å². The van der Waals surface area contributed by atoms with E-state index in [0.717, 1.165) is 31.5 Å². The van der Waals surface area contributed by atoms with E-state index in [-0.39, 0.29) is 11.5 Å². The molecule has 2 rings (SSSR count). The maximum atomic E-state index is 11.7. The second-order valence-corrected chi connectivity index (χ2v) is 6.83. The minimum Gasteiger partial charge on any atom is -0.444 e. The van der Waals surface area contributed by atoms with Gasteiger partial charge >= 0.3 is 6.09 Å². The van der Waals surface area contributed by atoms with Crippen LogP contribution in [0.3, 0.4) is 0 Å². The minimum atomic E-state index is -0.416. The molecule has 0 aromatic rings. The predicted molar refractivity (Wildman–Crippen MR) is 71.4 cm³/mol. The van der Waals surface area contributed by atoms with Gasteiger partial charge in [0.2, 0.25) is 0 Å². The Labute approximate surface area is 110 Å². The highest BCUT2D eigenvalue weighted by atomic mass is 16.6. The Morgan fingerprint density at radius 1 is 1.50 bits per heavy atom. The molecule has 1 aliphatic carbocycles. The fourth-order valence-electron chi connectivity index (χ4n) is 3.48. The fourth-order valence-corrected chi connectivity index (χ4v) is 3.48. The van der Waals surface area contributed by atoms with Crippen LogP contribution in [0.15, 0.2) is 0 Å². The molecule has 1 amide bonds. The summed E-state index contributed by atoms with van der Waals surface area (Å²) in [5.74, 6) is 1.57. The van der Waals surface area contributed by atoms with Crippen LogP contribution < -0.4 is 10.6 Å². The fraction of sp³-hybridized carbons (Fsp3) is 0.929. The maximum absolute atomic E-state index is 11.7. The molecule has 1 saturated heterocycles. The summed E-state index contributed by atoms with van der Waals surface area (Å²) in [7, 11) is 0. The third-order valence-corrected chi connectivity index (χ3v) is 4.37. The van der Waals surface area contributed by atoms with E-state index in [1.165, 1.54) is 12.8 Å². The molecule has 18 heavy (non-hydrogen) atoms. The van der Waals surface area contributed by atoms with Crippen LogP contribution in [0.2, 0.25) is 0 Å². The molecule has 2 N–H and O–H groups in total. The Kier molecular flexibility index (Phi) is 3.58. The Bertz CT molecular complexity index is 324. The Balaban J connectivity index is 1.82. The highest BCUT2D eigenvalue weighted by Crippen LogP contribution is 2.54. The molecule has 0 spiro atoms. The van der Waals surface area contributed by atoms with Gasteiger partial charge < -0.3 is 15.4 Å². The summed E-state index contributed by atoms with van der Waals surface area (Å²) >= 11 is 0. The first-order valence-corrected chi connectivity index (χ1v) is 7.04. The number of rotatable bonds is 3. The molecule has 0 bridgehead atoms. The van der Waals surface area contributed by atoms with Crippen molar-refractivity contribution in [1.82, 2.24) is 10.6 Å². The van der Waals surface area contributed by atoms with Gasteiger partial charge in [-0.15, -0.1) is 0 Å². The molecule has 3 atom stereocenters. The van der Waals surface area contributed by atoms with Gasteiger partial charge in [-0.05, 0) is 45.6 Å². The molecule has 0 aromatic carbocycles. The lowest BCUT2D eigenvalue weighted by Crippen LogP contribution is -2.54. The molecular formula is C14H26N2O2. The average molecular weight is 254 g/mol. The highest BCUT2D eigenvalue weighted by molar-refractivity contribution is 5.67. The second kappa shape index (κ2) is 4.72. The van der Waals surface area contributed by atoms with Gasteiger partial charge in [0.1, 0.15) is 5.60 Å². The lowest BCUT2D eigenvalue weighted by atomic mass is 9.54. The maximum Gasteiger partial charge on any atom is 0.407 e. The zero-order chi connectivity index (χ0) is 13.4. The molecule has 4 heteroatoms. The van der Waals surface area contributed by atoms with Gasteiger partial charge in [-0.2, -0.15) is 0 Å². The molecule has 104 valence electrons. The Hall–Kier alpha value is -0.770. The van der Waals surface area contributed by atoms with E-state index in [1.54, 1.807) is 0 Å². The van der Waals surface area contributed by atoms with Crippen LogP contribution in [0.25, 0.3) is 0 Å². The summed E-state index contributed by atoms with van der Waals surface area (Å²) in [5, 5.41) is 6.42. The van der Waals surface area contributed by atoms with Crippen molar-refractivity contribution in [2.24, 2.45) is 17.3 Å². The molecule has 0 aromatic heterocycles. The van der Waals surface area contributed by atoms with Crippen molar-refractivity contribution in [3.05, 3.63) is 0 Å². The smallest absolute Gasteiger partial charge is 0.407 e. The van der Waals surface area contributed by atoms with Gasteiger partial charge in [0.25, 0.3) is 0 Å². The van der Waals surface area contributed by atoms with E-state index in [1.807, 2.05) is 20.8 Å². The van der Waals surface area contributed by atoms with Crippen molar-refractivity contribution in [2.75, 3.05) is 19.6 Å². The topological polar surface area (TPSA) is 50.4 Å². The van der Waals surface area contributed by atoms with Gasteiger partial charge in [0.15, 0.2) is 0 Å². The summed E-state index contributed by atoms with van der Waals surface area (Å²) in [6, 6.07) is 0. The van der Waals surface area contributed by atoms with Crippen LogP contribution >= 0.6 is 0 Å². The SMILES string of the molecule is CCC1CC2(CNC(=O)OC(C)(C)C)CNCC12. The summed E-state index contributed by atoms with van der Waals surface area (Å²) < 4.78 is 5.28. The first kappa shape index (κ1) is 13.7. The van der Waals surface area contributed by atoms with E-state index in [4.69, 9.17) is 4.74 Å². The number of hydrogen-bond acceptors (Lipinski definition) is 3. The van der Waals surface area contributed by atoms with Gasteiger partial charge in [-0.25, -0.2) is 4.79 Å². The molecule has 1 heterocycles. The highest BCUT2D eigenvalue weighted by Gasteiger charge is 2.55. The Morgan fingerprint density at radius 3 is 2.83 bits per heavy atom. The number of nitrogens with one attached hydrogen (secondary N) is 2. The number of amides is 1. The average Bonchev–Trinajstić information content (AvgIpc) is 2.53. The number of alkyl carbamates (subject to hydrolysis) is 1. The van der Waals surface area contributed by atoms with Crippen LogP contribution in [-0.4, -0.2) is 31.3 Å². The standard InChI is InChI=1S/C14H26N2O2/c1-5-10-6-14(8-15-7-11(10)14)9-16-12(17)18-13(2,3)4/h10-11,15H,5-9H2,1-4H3,(H,16,17). The van der Waals surface area contributed by atoms with Crippen LogP contribution in [0.4, 0.5) is 4.79 Å². The van der Waals surface area contributed by atoms with E-state index >= 15 is 0 Å². The predicted octanol–water partition coefficient (Wildman–Crippen LogP) is 2.15. The quantitative estimate of drug-likeness (QED) is 0.811. The van der Waals surface area contributed by atoms with Crippen LogP contribution in [-0.2, 0) is 4.74 Å². The van der Waals surface area contributed by atoms with Crippen molar-refractivity contribution < 1.29 is 9.53 Å². The van der Waals surface area contributed by atoms with E-state index in [9.17, 15) is 4.79 Å². The third kappa shape index (κ3) is 2.63. The number of hydrogen-bond donors (Lipinski definition) is 2. The van der Waals surface area contributed by atoms with Gasteiger partial charge in [0.05, 0.1) is 0 Å². The first-order chi connectivity index (χ1) is 8.36. The van der Waals surface area contributed by atoms with Gasteiger partial charge in [-0.3, -0.25) is 0 Å². The largest absolute Gasteiger partial charge is 0.444 e. The number of fused-ring (bicyclic) bond motifs is 1. The van der Waals surface area contributed by atoms with Gasteiger partial charge in [-0.1, -0.05) is 13.3 Å². The van der Waals surface area contributed by atoms with E-state index in [2.05, 4.69) is 17.6 Å². The lowest BCUT2D eigenvalue weighted by molar-refractivity contribution is -0.00371. The number of carbonyl (C=O) groups is 1. The normalized spacial score (nSPS) is 34.7. The van der Waals surface area contributed by atoms with Crippen LogP contribution in [0.5, 0.6) is 0 Å². The van der Waals surface area contributed by atoms with Crippen molar-refractivity contribution in [3.8, 4) is 0 Å². The van der Waals surface area contributed by atoms with Crippen molar-refractivity contribution in [3.63, 3.8) is 0 Å². The van der Waals surface area contributed by atoms with Crippen LogP contribution in [0.1, 0.15) is 40.5 Å². The van der Waals surface area contributed by atoms with Gasteiger partial charge in [0, 0.05) is 18.5 Å². The molecule has 2 fully saturated rings. The Morgan fingerprint density at radius 2 is 2.22 bits per heavy atom. The lowest BCUT2D eigenvalue weighted by Gasteiger charge is -2.51. The van der Waals surface area contributed by atoms with Crippen molar-refractivity contribution in [2.45, 2.75) is 46.1 Å². The van der Waals surface area contributed by atoms with Crippen molar-refractivity contribution >= 4 is 6.09 Å². The minimum absolute atomic E-state index is 0.289. The summed E-state index contributed by atoms with van der Waals surface area (Å²) in [6.07, 6.45) is 2.19. The summed E-state index contributed by atoms with van der Waals surface area (Å²) in [6.45, 7) is 10.8. The number of ether oxygens (including phenoxy) is 1. The summed E-state index contributed by atoms with van der Waals surface area (Å²) in [4.78, 5) is 11.7. The zero-order valence-electron chi connectivity index (χ0n) is 12.0. The molecule has 1 aliphatic heterocycles. The number of carbonyl (C=O) groups excluding carboxylic acids is 1. The van der Waals surface area contributed by atoms with E-state index < -0.39 is 5.60 Å². The third-order valence-electron chi connectivity index (χ3n) is 4.37. The molecule has 3 unspecified atom stereocenters. The second-order valence-electron chi connectivity index (χ2n) is 6.83. The van der Waals surface area contributed by atoms with Crippen molar-refractivity contribution in [1.29, 1.82) is 0 Å². The zero-order valence-corrected chi connectivity index (χ0v) is 12.0. The molecule has 4 nitrogen and oxygen atoms in total.